The Morgan fingerprint density at radius 3 is 1.85 bits per heavy atom. The molecule has 0 aromatic heterocycles. The predicted octanol–water partition coefficient (Wildman–Crippen LogP) is 3.47. The Hall–Kier alpha value is -0.0400. The van der Waals surface area contributed by atoms with Crippen LogP contribution >= 0.6 is 0 Å². The quantitative estimate of drug-likeness (QED) is 0.673. The van der Waals surface area contributed by atoms with Crippen molar-refractivity contribution in [2.75, 3.05) is 0 Å². The van der Waals surface area contributed by atoms with Gasteiger partial charge in [-0.2, -0.15) is 0 Å². The van der Waals surface area contributed by atoms with Crippen LogP contribution in [0.5, 0.6) is 0 Å². The number of hydrogen-bond acceptors (Lipinski definition) is 1. The van der Waals surface area contributed by atoms with Gasteiger partial charge >= 0.3 is 0 Å². The summed E-state index contributed by atoms with van der Waals surface area (Å²) in [7, 11) is 0. The average molecular weight is 186 g/mol. The lowest BCUT2D eigenvalue weighted by molar-refractivity contribution is 0.105. The third kappa shape index (κ3) is 5.30. The fourth-order valence-electron chi connectivity index (χ4n) is 1.45. The smallest absolute Gasteiger partial charge is 0.0563 e. The first-order valence-corrected chi connectivity index (χ1v) is 5.67. The van der Waals surface area contributed by atoms with Crippen molar-refractivity contribution in [3.05, 3.63) is 0 Å². The molecule has 0 aliphatic rings. The molecule has 0 rings (SSSR count). The zero-order valence-electron chi connectivity index (χ0n) is 9.88. The van der Waals surface area contributed by atoms with Crippen molar-refractivity contribution in [1.82, 2.24) is 0 Å². The molecule has 0 saturated heterocycles. The highest BCUT2D eigenvalue weighted by molar-refractivity contribution is 4.65. The largest absolute Gasteiger partial charge is 0.393 e. The topological polar surface area (TPSA) is 20.2 Å². The third-order valence-electron chi connectivity index (χ3n) is 3.30. The second-order valence-corrected chi connectivity index (χ2v) is 4.75. The molecule has 3 unspecified atom stereocenters. The molecule has 0 aliphatic heterocycles. The fourth-order valence-corrected chi connectivity index (χ4v) is 1.45. The Morgan fingerprint density at radius 2 is 1.46 bits per heavy atom. The average Bonchev–Trinajstić information content (AvgIpc) is 2.11. The van der Waals surface area contributed by atoms with Crippen LogP contribution in [0.1, 0.15) is 53.9 Å². The Kier molecular flexibility index (Phi) is 6.40. The Labute approximate surface area is 83.5 Å². The third-order valence-corrected chi connectivity index (χ3v) is 3.30. The summed E-state index contributed by atoms with van der Waals surface area (Å²) in [4.78, 5) is 0. The molecule has 0 aromatic rings. The molecule has 3 atom stereocenters. The first kappa shape index (κ1) is 13.0. The fraction of sp³-hybridized carbons (Fsp3) is 1.00. The van der Waals surface area contributed by atoms with E-state index in [2.05, 4.69) is 34.6 Å². The van der Waals surface area contributed by atoms with Crippen LogP contribution in [0.3, 0.4) is 0 Å². The van der Waals surface area contributed by atoms with E-state index in [0.717, 1.165) is 24.7 Å². The maximum absolute atomic E-state index is 9.63. The van der Waals surface area contributed by atoms with Crippen LogP contribution in [0.25, 0.3) is 0 Å². The van der Waals surface area contributed by atoms with Gasteiger partial charge in [0.2, 0.25) is 0 Å². The Balaban J connectivity index is 3.63. The highest BCUT2D eigenvalue weighted by atomic mass is 16.3. The van der Waals surface area contributed by atoms with Gasteiger partial charge < -0.3 is 5.11 Å². The summed E-state index contributed by atoms with van der Waals surface area (Å²) in [5.74, 6) is 1.95. The van der Waals surface area contributed by atoms with Gasteiger partial charge in [-0.05, 0) is 30.6 Å². The van der Waals surface area contributed by atoms with Gasteiger partial charge in [0.25, 0.3) is 0 Å². The van der Waals surface area contributed by atoms with Gasteiger partial charge in [0, 0.05) is 0 Å². The molecule has 0 aromatic carbocycles. The van der Waals surface area contributed by atoms with E-state index in [1.54, 1.807) is 0 Å². The Morgan fingerprint density at radius 1 is 0.923 bits per heavy atom. The van der Waals surface area contributed by atoms with Crippen molar-refractivity contribution in [3.63, 3.8) is 0 Å². The molecule has 0 aliphatic carbocycles. The lowest BCUT2D eigenvalue weighted by Crippen LogP contribution is -2.17. The molecule has 0 amide bonds. The van der Waals surface area contributed by atoms with E-state index in [1.165, 1.54) is 6.42 Å². The second-order valence-electron chi connectivity index (χ2n) is 4.75. The van der Waals surface area contributed by atoms with Gasteiger partial charge in [-0.3, -0.25) is 0 Å². The van der Waals surface area contributed by atoms with Gasteiger partial charge in [0.05, 0.1) is 6.10 Å². The summed E-state index contributed by atoms with van der Waals surface area (Å²) in [6.45, 7) is 11.0. The monoisotopic (exact) mass is 186 g/mol. The number of aliphatic hydroxyl groups is 1. The lowest BCUT2D eigenvalue weighted by atomic mass is 9.87. The van der Waals surface area contributed by atoms with Crippen molar-refractivity contribution in [2.24, 2.45) is 17.8 Å². The van der Waals surface area contributed by atoms with E-state index in [1.807, 2.05) is 0 Å². The molecule has 1 N–H and O–H groups in total. The summed E-state index contributed by atoms with van der Waals surface area (Å²) in [5, 5.41) is 9.63. The van der Waals surface area contributed by atoms with Crippen LogP contribution in [-0.2, 0) is 0 Å². The van der Waals surface area contributed by atoms with Crippen LogP contribution in [0.2, 0.25) is 0 Å². The van der Waals surface area contributed by atoms with Crippen LogP contribution in [0.15, 0.2) is 0 Å². The molecule has 0 bridgehead atoms. The molecule has 80 valence electrons. The van der Waals surface area contributed by atoms with Crippen LogP contribution in [0, 0.1) is 17.8 Å². The predicted molar refractivity (Wildman–Crippen MR) is 58.7 cm³/mol. The molecular weight excluding hydrogens is 160 g/mol. The minimum atomic E-state index is -0.105. The first-order valence-electron chi connectivity index (χ1n) is 5.67. The van der Waals surface area contributed by atoms with E-state index < -0.39 is 0 Å². The van der Waals surface area contributed by atoms with Crippen molar-refractivity contribution >= 4 is 0 Å². The summed E-state index contributed by atoms with van der Waals surface area (Å²) in [6.07, 6.45) is 3.27. The summed E-state index contributed by atoms with van der Waals surface area (Å²) < 4.78 is 0. The summed E-state index contributed by atoms with van der Waals surface area (Å²) >= 11 is 0. The van der Waals surface area contributed by atoms with Gasteiger partial charge in [0.15, 0.2) is 0 Å². The van der Waals surface area contributed by atoms with E-state index in [9.17, 15) is 5.11 Å². The van der Waals surface area contributed by atoms with E-state index >= 15 is 0 Å². The molecule has 1 heteroatoms. The summed E-state index contributed by atoms with van der Waals surface area (Å²) in [5.41, 5.74) is 0. The first-order chi connectivity index (χ1) is 5.99. The molecule has 0 heterocycles. The van der Waals surface area contributed by atoms with Crippen molar-refractivity contribution < 1.29 is 5.11 Å². The maximum atomic E-state index is 9.63. The van der Waals surface area contributed by atoms with Crippen LogP contribution in [-0.4, -0.2) is 11.2 Å². The second kappa shape index (κ2) is 6.42. The van der Waals surface area contributed by atoms with Gasteiger partial charge in [0.1, 0.15) is 0 Å². The zero-order chi connectivity index (χ0) is 10.4. The standard InChI is InChI=1S/C12H26O/c1-6-10(4)11(5)7-8-12(13)9(2)3/h9-13H,6-8H2,1-5H3. The Bertz CT molecular complexity index is 120. The number of rotatable bonds is 6. The minimum Gasteiger partial charge on any atom is -0.393 e. The molecule has 0 saturated carbocycles. The lowest BCUT2D eigenvalue weighted by Gasteiger charge is -2.21. The minimum absolute atomic E-state index is 0.105. The molecule has 0 radical (unpaired) electrons. The van der Waals surface area contributed by atoms with Gasteiger partial charge in [-0.15, -0.1) is 0 Å². The van der Waals surface area contributed by atoms with Crippen molar-refractivity contribution in [3.8, 4) is 0 Å². The highest BCUT2D eigenvalue weighted by Gasteiger charge is 2.14. The number of aliphatic hydroxyl groups excluding tert-OH is 1. The normalized spacial score (nSPS) is 18.7. The molecule has 0 spiro atoms. The van der Waals surface area contributed by atoms with E-state index in [0.29, 0.717) is 5.92 Å². The molecule has 0 fully saturated rings. The van der Waals surface area contributed by atoms with E-state index in [-0.39, 0.29) is 6.10 Å². The molecule has 1 nitrogen and oxygen atoms in total. The van der Waals surface area contributed by atoms with Crippen molar-refractivity contribution in [1.29, 1.82) is 0 Å². The van der Waals surface area contributed by atoms with Gasteiger partial charge in [-0.1, -0.05) is 41.0 Å². The highest BCUT2D eigenvalue weighted by Crippen LogP contribution is 2.21. The van der Waals surface area contributed by atoms with Crippen LogP contribution < -0.4 is 0 Å². The number of hydrogen-bond donors (Lipinski definition) is 1. The van der Waals surface area contributed by atoms with Gasteiger partial charge in [-0.25, -0.2) is 0 Å². The van der Waals surface area contributed by atoms with Crippen molar-refractivity contribution in [2.45, 2.75) is 60.0 Å². The SMILES string of the molecule is CCC(C)C(C)CCC(O)C(C)C. The van der Waals surface area contributed by atoms with Crippen LogP contribution in [0.4, 0.5) is 0 Å². The molecule has 13 heavy (non-hydrogen) atoms. The summed E-state index contributed by atoms with van der Waals surface area (Å²) in [6, 6.07) is 0. The molecular formula is C12H26O. The van der Waals surface area contributed by atoms with E-state index in [4.69, 9.17) is 0 Å². The zero-order valence-corrected chi connectivity index (χ0v) is 9.88. The maximum Gasteiger partial charge on any atom is 0.0563 e.